The third kappa shape index (κ3) is 4.01. The van der Waals surface area contributed by atoms with Crippen molar-refractivity contribution in [3.63, 3.8) is 0 Å². The Balaban J connectivity index is 2.13. The van der Waals surface area contributed by atoms with Crippen LogP contribution in [0, 0.1) is 10.1 Å². The van der Waals surface area contributed by atoms with Crippen LogP contribution in [0.3, 0.4) is 0 Å². The highest BCUT2D eigenvalue weighted by Gasteiger charge is 2.18. The maximum Gasteiger partial charge on any atom is 0.293 e. The summed E-state index contributed by atoms with van der Waals surface area (Å²) in [6.07, 6.45) is 1.82. The normalized spacial score (nSPS) is 11.4. The summed E-state index contributed by atoms with van der Waals surface area (Å²) in [5.41, 5.74) is 0.589. The van der Waals surface area contributed by atoms with E-state index in [-0.39, 0.29) is 16.0 Å². The van der Waals surface area contributed by atoms with Gasteiger partial charge in [-0.15, -0.1) is 11.3 Å². The molecular weight excluding hydrogens is 354 g/mol. The van der Waals surface area contributed by atoms with Crippen LogP contribution >= 0.6 is 27.3 Å². The van der Waals surface area contributed by atoms with Crippen molar-refractivity contribution in [2.24, 2.45) is 0 Å². The van der Waals surface area contributed by atoms with Gasteiger partial charge < -0.3 is 5.32 Å². The van der Waals surface area contributed by atoms with Gasteiger partial charge in [0.2, 0.25) is 0 Å². The van der Waals surface area contributed by atoms with Gasteiger partial charge >= 0.3 is 0 Å². The van der Waals surface area contributed by atoms with Crippen molar-refractivity contribution in [3.05, 3.63) is 48.9 Å². The van der Waals surface area contributed by atoms with Crippen molar-refractivity contribution in [2.75, 3.05) is 5.32 Å². The zero-order valence-electron chi connectivity index (χ0n) is 12.0. The van der Waals surface area contributed by atoms with Gasteiger partial charge in [0.05, 0.1) is 16.5 Å². The Hall–Kier alpha value is -1.47. The summed E-state index contributed by atoms with van der Waals surface area (Å²) in [5, 5.41) is 15.2. The molecule has 0 aliphatic rings. The number of hydrogen-bond acceptors (Lipinski definition) is 5. The largest absolute Gasteiger partial charge is 0.375 e. The Morgan fingerprint density at radius 3 is 2.71 bits per heavy atom. The molecule has 1 N–H and O–H groups in total. The summed E-state index contributed by atoms with van der Waals surface area (Å²) in [6, 6.07) is 4.98. The number of nitrogens with zero attached hydrogens (tertiary/aromatic N) is 2. The molecule has 0 atom stereocenters. The maximum atomic E-state index is 11.1. The summed E-state index contributed by atoms with van der Waals surface area (Å²) in [5.74, 6) is 0. The van der Waals surface area contributed by atoms with Gasteiger partial charge in [-0.3, -0.25) is 10.1 Å². The number of halogens is 1. The van der Waals surface area contributed by atoms with Crippen molar-refractivity contribution < 1.29 is 4.92 Å². The minimum atomic E-state index is -0.389. The lowest BCUT2D eigenvalue weighted by molar-refractivity contribution is -0.384. The van der Waals surface area contributed by atoms with E-state index in [9.17, 15) is 10.1 Å². The summed E-state index contributed by atoms with van der Waals surface area (Å²) >= 11 is 4.87. The Bertz CT molecular complexity index is 664. The Morgan fingerprint density at radius 1 is 1.43 bits per heavy atom. The van der Waals surface area contributed by atoms with E-state index in [1.807, 2.05) is 6.20 Å². The fourth-order valence-corrected chi connectivity index (χ4v) is 2.98. The molecule has 0 fully saturated rings. The number of nitrogens with one attached hydrogen (secondary N) is 1. The van der Waals surface area contributed by atoms with Crippen molar-refractivity contribution in [1.82, 2.24) is 4.98 Å². The van der Waals surface area contributed by atoms with Crippen LogP contribution in [0.1, 0.15) is 30.7 Å². The molecule has 0 saturated heterocycles. The molecule has 1 heterocycles. The molecule has 1 aromatic carbocycles. The van der Waals surface area contributed by atoms with Crippen LogP contribution in [0.15, 0.2) is 28.9 Å². The second kappa shape index (κ2) is 6.11. The first-order valence-corrected chi connectivity index (χ1v) is 8.01. The zero-order valence-corrected chi connectivity index (χ0v) is 14.4. The number of hydrogen-bond donors (Lipinski definition) is 1. The van der Waals surface area contributed by atoms with Gasteiger partial charge in [0.25, 0.3) is 5.69 Å². The van der Waals surface area contributed by atoms with E-state index in [0.29, 0.717) is 16.7 Å². The minimum absolute atomic E-state index is 0.0204. The summed E-state index contributed by atoms with van der Waals surface area (Å²) in [6.45, 7) is 6.87. The van der Waals surface area contributed by atoms with E-state index in [0.717, 1.165) is 9.88 Å². The molecule has 0 unspecified atom stereocenters. The molecule has 21 heavy (non-hydrogen) atoms. The zero-order chi connectivity index (χ0) is 15.6. The molecule has 0 spiro atoms. The van der Waals surface area contributed by atoms with E-state index in [4.69, 9.17) is 0 Å². The first-order valence-electron chi connectivity index (χ1n) is 6.40. The number of aromatic nitrogens is 1. The number of thiazole rings is 1. The highest BCUT2D eigenvalue weighted by atomic mass is 79.9. The van der Waals surface area contributed by atoms with Gasteiger partial charge in [0.1, 0.15) is 5.69 Å². The lowest BCUT2D eigenvalue weighted by atomic mass is 9.98. The Kier molecular flexibility index (Phi) is 4.63. The lowest BCUT2D eigenvalue weighted by Gasteiger charge is -2.13. The van der Waals surface area contributed by atoms with E-state index in [1.54, 1.807) is 23.5 Å². The quantitative estimate of drug-likeness (QED) is 0.624. The van der Waals surface area contributed by atoms with Crippen LogP contribution in [-0.4, -0.2) is 9.91 Å². The highest BCUT2D eigenvalue weighted by molar-refractivity contribution is 9.10. The molecular formula is C14H16BrN3O2S. The fourth-order valence-electron chi connectivity index (χ4n) is 1.72. The van der Waals surface area contributed by atoms with Gasteiger partial charge in [-0.1, -0.05) is 36.7 Å². The second-order valence-electron chi connectivity index (χ2n) is 5.65. The molecule has 112 valence electrons. The third-order valence-electron chi connectivity index (χ3n) is 2.80. The molecule has 7 heteroatoms. The number of nitro groups is 1. The Labute approximate surface area is 135 Å². The lowest BCUT2D eigenvalue weighted by Crippen LogP contribution is -2.09. The highest BCUT2D eigenvalue weighted by Crippen LogP contribution is 2.30. The first-order chi connectivity index (χ1) is 9.77. The number of benzene rings is 1. The van der Waals surface area contributed by atoms with Crippen LogP contribution < -0.4 is 5.32 Å². The van der Waals surface area contributed by atoms with Crippen molar-refractivity contribution in [1.29, 1.82) is 0 Å². The molecule has 0 amide bonds. The van der Waals surface area contributed by atoms with Crippen LogP contribution in [0.2, 0.25) is 0 Å². The number of nitro benzene ring substituents is 1. The van der Waals surface area contributed by atoms with E-state index >= 15 is 0 Å². The molecule has 5 nitrogen and oxygen atoms in total. The van der Waals surface area contributed by atoms with E-state index in [2.05, 4.69) is 47.0 Å². The standard InChI is InChI=1S/C14H16BrN3O2S/c1-14(2,3)13-17-8-10(21-13)7-16-11-5-4-9(15)6-12(11)18(19)20/h4-6,8,16H,7H2,1-3H3. The molecule has 0 aliphatic heterocycles. The van der Waals surface area contributed by atoms with Crippen LogP contribution in [-0.2, 0) is 12.0 Å². The smallest absolute Gasteiger partial charge is 0.293 e. The van der Waals surface area contributed by atoms with Crippen LogP contribution in [0.5, 0.6) is 0 Å². The van der Waals surface area contributed by atoms with Crippen molar-refractivity contribution in [3.8, 4) is 0 Å². The van der Waals surface area contributed by atoms with Gasteiger partial charge in [-0.2, -0.15) is 0 Å². The minimum Gasteiger partial charge on any atom is -0.375 e. The number of anilines is 1. The van der Waals surface area contributed by atoms with Gasteiger partial charge in [-0.25, -0.2) is 4.98 Å². The van der Waals surface area contributed by atoms with Gasteiger partial charge in [0.15, 0.2) is 0 Å². The summed E-state index contributed by atoms with van der Waals surface area (Å²) in [4.78, 5) is 16.1. The van der Waals surface area contributed by atoms with Gasteiger partial charge in [0, 0.05) is 27.0 Å². The second-order valence-corrected chi connectivity index (χ2v) is 7.68. The van der Waals surface area contributed by atoms with Crippen molar-refractivity contribution >= 4 is 38.6 Å². The summed E-state index contributed by atoms with van der Waals surface area (Å²) in [7, 11) is 0. The molecule has 0 aliphatic carbocycles. The Morgan fingerprint density at radius 2 is 2.14 bits per heavy atom. The molecule has 0 bridgehead atoms. The predicted molar refractivity (Wildman–Crippen MR) is 88.9 cm³/mol. The van der Waals surface area contributed by atoms with Crippen LogP contribution in [0.25, 0.3) is 0 Å². The van der Waals surface area contributed by atoms with E-state index in [1.165, 1.54) is 6.07 Å². The molecule has 0 radical (unpaired) electrons. The predicted octanol–water partition coefficient (Wildman–Crippen LogP) is 4.72. The molecule has 2 rings (SSSR count). The molecule has 1 aromatic heterocycles. The number of rotatable bonds is 4. The molecule has 2 aromatic rings. The topological polar surface area (TPSA) is 68.1 Å². The maximum absolute atomic E-state index is 11.1. The van der Waals surface area contributed by atoms with E-state index < -0.39 is 0 Å². The molecule has 0 saturated carbocycles. The monoisotopic (exact) mass is 369 g/mol. The first kappa shape index (κ1) is 15.9. The van der Waals surface area contributed by atoms with Gasteiger partial charge in [-0.05, 0) is 12.1 Å². The van der Waals surface area contributed by atoms with Crippen molar-refractivity contribution in [2.45, 2.75) is 32.7 Å². The van der Waals surface area contributed by atoms with Crippen LogP contribution in [0.4, 0.5) is 11.4 Å². The SMILES string of the molecule is CC(C)(C)c1ncc(CNc2ccc(Br)cc2[N+](=O)[O-])s1. The average Bonchev–Trinajstić information content (AvgIpc) is 2.85. The average molecular weight is 370 g/mol. The summed E-state index contributed by atoms with van der Waals surface area (Å²) < 4.78 is 0.688. The fraction of sp³-hybridized carbons (Fsp3) is 0.357. The third-order valence-corrected chi connectivity index (χ3v) is 4.72.